The Morgan fingerprint density at radius 1 is 1.44 bits per heavy atom. The van der Waals surface area contributed by atoms with E-state index in [0.717, 1.165) is 18.2 Å². The van der Waals surface area contributed by atoms with E-state index in [0.29, 0.717) is 6.54 Å². The summed E-state index contributed by atoms with van der Waals surface area (Å²) in [5.74, 6) is 0.879. The van der Waals surface area contributed by atoms with Gasteiger partial charge in [-0.25, -0.2) is 4.98 Å². The lowest BCUT2D eigenvalue weighted by Crippen LogP contribution is -2.30. The molecule has 4 nitrogen and oxygen atoms in total. The van der Waals surface area contributed by atoms with E-state index in [4.69, 9.17) is 5.73 Å². The lowest BCUT2D eigenvalue weighted by atomic mass is 9.94. The van der Waals surface area contributed by atoms with Gasteiger partial charge in [0.1, 0.15) is 0 Å². The van der Waals surface area contributed by atoms with Gasteiger partial charge in [-0.1, -0.05) is 0 Å². The Morgan fingerprint density at radius 3 is 2.88 bits per heavy atom. The van der Waals surface area contributed by atoms with Crippen LogP contribution in [0.1, 0.15) is 25.0 Å². The van der Waals surface area contributed by atoms with Crippen LogP contribution >= 0.6 is 0 Å². The second-order valence-electron chi connectivity index (χ2n) is 4.82. The molecule has 0 atom stereocenters. The van der Waals surface area contributed by atoms with Crippen molar-refractivity contribution < 1.29 is 0 Å². The Balaban J connectivity index is 1.79. The molecule has 1 aromatic rings. The van der Waals surface area contributed by atoms with Crippen molar-refractivity contribution in [1.82, 2.24) is 14.5 Å². The number of hydrogen-bond donors (Lipinski definition) is 1. The number of nitrogens with two attached hydrogens (primary N) is 1. The summed E-state index contributed by atoms with van der Waals surface area (Å²) in [4.78, 5) is 6.56. The Labute approximate surface area is 97.4 Å². The lowest BCUT2D eigenvalue weighted by Gasteiger charge is -2.29. The highest BCUT2D eigenvalue weighted by molar-refractivity contribution is 4.97. The molecule has 0 aromatic carbocycles. The molecule has 16 heavy (non-hydrogen) atoms. The molecule has 0 bridgehead atoms. The smallest absolute Gasteiger partial charge is 0.0948 e. The van der Waals surface area contributed by atoms with Crippen LogP contribution in [0.25, 0.3) is 0 Å². The molecule has 1 aromatic heterocycles. The van der Waals surface area contributed by atoms with Gasteiger partial charge in [-0.05, 0) is 45.3 Å². The Morgan fingerprint density at radius 2 is 2.19 bits per heavy atom. The van der Waals surface area contributed by atoms with E-state index in [1.807, 2.05) is 12.5 Å². The molecule has 0 amide bonds. The molecule has 2 heterocycles. The van der Waals surface area contributed by atoms with Gasteiger partial charge in [0.05, 0.1) is 12.0 Å². The standard InChI is InChI=1S/C12H22N4/c1-15-5-2-11(3-6-15)4-7-16-10-14-9-12(16)8-13/h9-11H,2-8,13H2,1H3. The minimum absolute atomic E-state index is 0.591. The second kappa shape index (κ2) is 5.46. The summed E-state index contributed by atoms with van der Waals surface area (Å²) >= 11 is 0. The van der Waals surface area contributed by atoms with Crippen LogP contribution in [0.4, 0.5) is 0 Å². The first-order valence-corrected chi connectivity index (χ1v) is 6.17. The molecule has 0 spiro atoms. The van der Waals surface area contributed by atoms with E-state index in [1.54, 1.807) is 0 Å². The summed E-state index contributed by atoms with van der Waals surface area (Å²) in [5, 5.41) is 0. The highest BCUT2D eigenvalue weighted by Gasteiger charge is 2.16. The fourth-order valence-electron chi connectivity index (χ4n) is 2.39. The number of rotatable bonds is 4. The van der Waals surface area contributed by atoms with Gasteiger partial charge in [0.2, 0.25) is 0 Å². The van der Waals surface area contributed by atoms with Gasteiger partial charge in [-0.2, -0.15) is 0 Å². The van der Waals surface area contributed by atoms with Gasteiger partial charge in [-0.3, -0.25) is 0 Å². The zero-order valence-corrected chi connectivity index (χ0v) is 10.1. The van der Waals surface area contributed by atoms with Crippen molar-refractivity contribution in [2.75, 3.05) is 20.1 Å². The van der Waals surface area contributed by atoms with Crippen LogP contribution in [0.15, 0.2) is 12.5 Å². The Bertz CT molecular complexity index is 313. The van der Waals surface area contributed by atoms with Crippen LogP contribution in [-0.2, 0) is 13.1 Å². The fourth-order valence-corrected chi connectivity index (χ4v) is 2.39. The number of aromatic nitrogens is 2. The van der Waals surface area contributed by atoms with Gasteiger partial charge in [0, 0.05) is 19.3 Å². The number of imidazole rings is 1. The summed E-state index contributed by atoms with van der Waals surface area (Å²) in [7, 11) is 2.21. The van der Waals surface area contributed by atoms with Crippen LogP contribution in [0.5, 0.6) is 0 Å². The van der Waals surface area contributed by atoms with Crippen LogP contribution in [0.3, 0.4) is 0 Å². The molecule has 1 saturated heterocycles. The number of piperidine rings is 1. The number of likely N-dealkylation sites (tertiary alicyclic amines) is 1. The van der Waals surface area contributed by atoms with Crippen molar-refractivity contribution in [1.29, 1.82) is 0 Å². The largest absolute Gasteiger partial charge is 0.333 e. The maximum Gasteiger partial charge on any atom is 0.0948 e. The molecule has 4 heteroatoms. The molecule has 90 valence electrons. The Kier molecular flexibility index (Phi) is 3.96. The maximum absolute atomic E-state index is 5.65. The molecule has 2 N–H and O–H groups in total. The monoisotopic (exact) mass is 222 g/mol. The van der Waals surface area contributed by atoms with E-state index >= 15 is 0 Å². The third-order valence-corrected chi connectivity index (χ3v) is 3.62. The van der Waals surface area contributed by atoms with Crippen molar-refractivity contribution in [2.45, 2.75) is 32.4 Å². The Hall–Kier alpha value is -0.870. The van der Waals surface area contributed by atoms with Crippen molar-refractivity contribution in [3.8, 4) is 0 Å². The first kappa shape index (κ1) is 11.6. The minimum Gasteiger partial charge on any atom is -0.333 e. The summed E-state index contributed by atoms with van der Waals surface area (Å²) < 4.78 is 2.19. The van der Waals surface area contributed by atoms with Gasteiger partial charge in [0.15, 0.2) is 0 Å². The van der Waals surface area contributed by atoms with Crippen LogP contribution in [-0.4, -0.2) is 34.6 Å². The predicted molar refractivity (Wildman–Crippen MR) is 65.0 cm³/mol. The third-order valence-electron chi connectivity index (χ3n) is 3.62. The quantitative estimate of drug-likeness (QED) is 0.829. The molecule has 1 fully saturated rings. The van der Waals surface area contributed by atoms with Crippen LogP contribution in [0, 0.1) is 5.92 Å². The zero-order chi connectivity index (χ0) is 11.4. The average Bonchev–Trinajstić information content (AvgIpc) is 2.76. The molecule has 0 aliphatic carbocycles. The first-order valence-electron chi connectivity index (χ1n) is 6.17. The fraction of sp³-hybridized carbons (Fsp3) is 0.750. The summed E-state index contributed by atoms with van der Waals surface area (Å²) in [6.07, 6.45) is 7.70. The highest BCUT2D eigenvalue weighted by Crippen LogP contribution is 2.20. The van der Waals surface area contributed by atoms with Crippen molar-refractivity contribution in [3.63, 3.8) is 0 Å². The molecule has 2 rings (SSSR count). The van der Waals surface area contributed by atoms with Crippen molar-refractivity contribution >= 4 is 0 Å². The number of nitrogens with zero attached hydrogens (tertiary/aromatic N) is 3. The molecule has 0 unspecified atom stereocenters. The molecule has 0 saturated carbocycles. The molecule has 0 radical (unpaired) electrons. The third kappa shape index (κ3) is 2.83. The minimum atomic E-state index is 0.591. The van der Waals surface area contributed by atoms with Gasteiger partial charge in [0.25, 0.3) is 0 Å². The first-order chi connectivity index (χ1) is 7.79. The predicted octanol–water partition coefficient (Wildman–Crippen LogP) is 1.07. The second-order valence-corrected chi connectivity index (χ2v) is 4.82. The normalized spacial score (nSPS) is 19.1. The van der Waals surface area contributed by atoms with E-state index in [1.165, 1.54) is 32.4 Å². The highest BCUT2D eigenvalue weighted by atomic mass is 15.1. The maximum atomic E-state index is 5.65. The molecular formula is C12H22N4. The zero-order valence-electron chi connectivity index (χ0n) is 10.1. The molecule has 1 aliphatic rings. The number of hydrogen-bond acceptors (Lipinski definition) is 3. The van der Waals surface area contributed by atoms with E-state index in [-0.39, 0.29) is 0 Å². The molecule has 1 aliphatic heterocycles. The number of aryl methyl sites for hydroxylation is 1. The summed E-state index contributed by atoms with van der Waals surface area (Å²) in [6.45, 7) is 4.16. The molecular weight excluding hydrogens is 200 g/mol. The van der Waals surface area contributed by atoms with Gasteiger partial charge < -0.3 is 15.2 Å². The summed E-state index contributed by atoms with van der Waals surface area (Å²) in [6, 6.07) is 0. The van der Waals surface area contributed by atoms with Gasteiger partial charge >= 0.3 is 0 Å². The average molecular weight is 222 g/mol. The SMILES string of the molecule is CN1CCC(CCn2cncc2CN)CC1. The van der Waals surface area contributed by atoms with E-state index in [2.05, 4.69) is 21.5 Å². The van der Waals surface area contributed by atoms with Crippen molar-refractivity contribution in [3.05, 3.63) is 18.2 Å². The van der Waals surface area contributed by atoms with E-state index < -0.39 is 0 Å². The van der Waals surface area contributed by atoms with Crippen molar-refractivity contribution in [2.24, 2.45) is 11.7 Å². The van der Waals surface area contributed by atoms with E-state index in [9.17, 15) is 0 Å². The van der Waals surface area contributed by atoms with Crippen LogP contribution < -0.4 is 5.73 Å². The van der Waals surface area contributed by atoms with Gasteiger partial charge in [-0.15, -0.1) is 0 Å². The summed E-state index contributed by atoms with van der Waals surface area (Å²) in [5.41, 5.74) is 6.80. The lowest BCUT2D eigenvalue weighted by molar-refractivity contribution is 0.207. The topological polar surface area (TPSA) is 47.1 Å². The van der Waals surface area contributed by atoms with Crippen LogP contribution in [0.2, 0.25) is 0 Å².